The molecule has 0 aliphatic rings. The minimum Gasteiger partial charge on any atom is -0.378 e. The van der Waals surface area contributed by atoms with Crippen molar-refractivity contribution in [2.45, 2.75) is 6.92 Å². The average Bonchev–Trinajstić information content (AvgIpc) is 2.46. The van der Waals surface area contributed by atoms with Crippen LogP contribution in [-0.4, -0.2) is 20.1 Å². The zero-order valence-corrected chi connectivity index (χ0v) is 12.5. The summed E-state index contributed by atoms with van der Waals surface area (Å²) in [4.78, 5) is 18.2. The number of rotatable bonds is 4. The van der Waals surface area contributed by atoms with Crippen LogP contribution in [0.15, 0.2) is 48.7 Å². The molecule has 0 fully saturated rings. The molecule has 4 nitrogen and oxygen atoms in total. The number of anilines is 1. The van der Waals surface area contributed by atoms with Gasteiger partial charge < -0.3 is 4.90 Å². The highest BCUT2D eigenvalue weighted by atomic mass is 16.7. The van der Waals surface area contributed by atoms with Gasteiger partial charge in [-0.3, -0.25) is 0 Å². The standard InChI is InChI=1S/C17H19N2O2/c1-14(20)21-19-13-5-4-6-17(19)12-9-15-7-10-16(11-8-15)18(2)3/h4-13H,1-3H3/q+1. The minimum absolute atomic E-state index is 0.351. The van der Waals surface area contributed by atoms with Crippen LogP contribution in [-0.2, 0) is 4.79 Å². The highest BCUT2D eigenvalue weighted by Crippen LogP contribution is 2.13. The Kier molecular flexibility index (Phi) is 4.72. The van der Waals surface area contributed by atoms with Crippen molar-refractivity contribution in [2.24, 2.45) is 0 Å². The fraction of sp³-hybridized carbons (Fsp3) is 0.176. The van der Waals surface area contributed by atoms with E-state index in [2.05, 4.69) is 17.0 Å². The van der Waals surface area contributed by atoms with Crippen LogP contribution in [0.2, 0.25) is 0 Å². The molecular formula is C17H19N2O2+. The van der Waals surface area contributed by atoms with Gasteiger partial charge in [0.15, 0.2) is 0 Å². The Morgan fingerprint density at radius 1 is 1.10 bits per heavy atom. The third-order valence-corrected chi connectivity index (χ3v) is 2.94. The van der Waals surface area contributed by atoms with Crippen molar-refractivity contribution in [3.05, 3.63) is 59.9 Å². The second-order valence-electron chi connectivity index (χ2n) is 4.85. The molecule has 0 saturated carbocycles. The summed E-state index contributed by atoms with van der Waals surface area (Å²) in [7, 11) is 4.02. The molecule has 1 aromatic carbocycles. The van der Waals surface area contributed by atoms with Crippen LogP contribution < -0.4 is 14.5 Å². The molecule has 0 atom stereocenters. The maximum Gasteiger partial charge on any atom is 0.377 e. The summed E-state index contributed by atoms with van der Waals surface area (Å²) >= 11 is 0. The highest BCUT2D eigenvalue weighted by Gasteiger charge is 2.10. The molecule has 0 aliphatic heterocycles. The second-order valence-corrected chi connectivity index (χ2v) is 4.85. The van der Waals surface area contributed by atoms with Gasteiger partial charge in [-0.05, 0) is 29.8 Å². The summed E-state index contributed by atoms with van der Waals surface area (Å²) < 4.78 is 1.45. The van der Waals surface area contributed by atoms with E-state index in [9.17, 15) is 4.79 Å². The van der Waals surface area contributed by atoms with Gasteiger partial charge >= 0.3 is 5.97 Å². The first kappa shape index (κ1) is 14.8. The second kappa shape index (κ2) is 6.70. The molecule has 0 saturated heterocycles. The molecule has 0 spiro atoms. The van der Waals surface area contributed by atoms with Gasteiger partial charge in [0, 0.05) is 49.6 Å². The Labute approximate surface area is 124 Å². The number of aromatic nitrogens is 1. The number of hydrogen-bond donors (Lipinski definition) is 0. The fourth-order valence-corrected chi connectivity index (χ4v) is 1.86. The summed E-state index contributed by atoms with van der Waals surface area (Å²) in [6.07, 6.45) is 5.60. The Morgan fingerprint density at radius 3 is 2.43 bits per heavy atom. The molecule has 2 rings (SSSR count). The van der Waals surface area contributed by atoms with Gasteiger partial charge in [-0.2, -0.15) is 4.84 Å². The third kappa shape index (κ3) is 4.18. The zero-order valence-electron chi connectivity index (χ0n) is 12.5. The van der Waals surface area contributed by atoms with Gasteiger partial charge in [-0.25, -0.2) is 4.79 Å². The van der Waals surface area contributed by atoms with Crippen molar-refractivity contribution in [2.75, 3.05) is 19.0 Å². The van der Waals surface area contributed by atoms with E-state index in [0.717, 1.165) is 16.9 Å². The lowest BCUT2D eigenvalue weighted by atomic mass is 10.1. The zero-order chi connectivity index (χ0) is 15.2. The topological polar surface area (TPSA) is 33.4 Å². The molecule has 0 amide bonds. The minimum atomic E-state index is -0.351. The van der Waals surface area contributed by atoms with Gasteiger partial charge in [-0.15, -0.1) is 0 Å². The summed E-state index contributed by atoms with van der Waals surface area (Å²) in [6, 6.07) is 13.8. The van der Waals surface area contributed by atoms with Gasteiger partial charge in [0.25, 0.3) is 5.69 Å². The maximum atomic E-state index is 11.1. The van der Waals surface area contributed by atoms with Crippen molar-refractivity contribution < 1.29 is 14.4 Å². The van der Waals surface area contributed by atoms with E-state index in [4.69, 9.17) is 4.84 Å². The van der Waals surface area contributed by atoms with E-state index in [-0.39, 0.29) is 5.97 Å². The fourth-order valence-electron chi connectivity index (χ4n) is 1.86. The number of pyridine rings is 1. The van der Waals surface area contributed by atoms with Crippen LogP contribution in [0.1, 0.15) is 18.2 Å². The number of hydrogen-bond acceptors (Lipinski definition) is 3. The Hall–Kier alpha value is -2.62. The molecule has 21 heavy (non-hydrogen) atoms. The van der Waals surface area contributed by atoms with E-state index in [1.807, 2.05) is 56.6 Å². The van der Waals surface area contributed by atoms with Crippen LogP contribution >= 0.6 is 0 Å². The average molecular weight is 283 g/mol. The van der Waals surface area contributed by atoms with E-state index in [1.54, 1.807) is 6.20 Å². The Bertz CT molecular complexity index is 646. The Balaban J connectivity index is 2.19. The van der Waals surface area contributed by atoms with Crippen molar-refractivity contribution in [3.63, 3.8) is 0 Å². The van der Waals surface area contributed by atoms with Gasteiger partial charge in [0.2, 0.25) is 6.20 Å². The summed E-state index contributed by atoms with van der Waals surface area (Å²) in [5, 5.41) is 0. The van der Waals surface area contributed by atoms with Crippen LogP contribution in [0.5, 0.6) is 0 Å². The number of carbonyl (C=O) groups excluding carboxylic acids is 1. The maximum absolute atomic E-state index is 11.1. The van der Waals surface area contributed by atoms with Gasteiger partial charge in [0.05, 0.1) is 0 Å². The van der Waals surface area contributed by atoms with Crippen LogP contribution in [0.4, 0.5) is 5.69 Å². The largest absolute Gasteiger partial charge is 0.378 e. The van der Waals surface area contributed by atoms with E-state index >= 15 is 0 Å². The van der Waals surface area contributed by atoms with Crippen molar-refractivity contribution >= 4 is 23.8 Å². The van der Waals surface area contributed by atoms with Crippen LogP contribution in [0.3, 0.4) is 0 Å². The molecule has 1 heterocycles. The van der Waals surface area contributed by atoms with Crippen molar-refractivity contribution in [3.8, 4) is 0 Å². The van der Waals surface area contributed by atoms with Crippen LogP contribution in [0, 0.1) is 0 Å². The van der Waals surface area contributed by atoms with E-state index in [1.165, 1.54) is 11.7 Å². The molecule has 2 aromatic rings. The molecule has 0 N–H and O–H groups in total. The molecule has 4 heteroatoms. The smallest absolute Gasteiger partial charge is 0.377 e. The van der Waals surface area contributed by atoms with E-state index in [0.29, 0.717) is 0 Å². The first-order valence-corrected chi connectivity index (χ1v) is 6.71. The Morgan fingerprint density at radius 2 is 1.81 bits per heavy atom. The molecule has 108 valence electrons. The number of benzene rings is 1. The van der Waals surface area contributed by atoms with E-state index < -0.39 is 0 Å². The monoisotopic (exact) mass is 283 g/mol. The lowest BCUT2D eigenvalue weighted by Crippen LogP contribution is -2.47. The predicted molar refractivity (Wildman–Crippen MR) is 83.6 cm³/mol. The predicted octanol–water partition coefficient (Wildman–Crippen LogP) is 2.19. The normalized spacial score (nSPS) is 10.6. The first-order chi connectivity index (χ1) is 10.1. The number of nitrogens with zero attached hydrogens (tertiary/aromatic N) is 2. The third-order valence-electron chi connectivity index (χ3n) is 2.94. The summed E-state index contributed by atoms with van der Waals surface area (Å²) in [5.74, 6) is -0.351. The lowest BCUT2D eigenvalue weighted by molar-refractivity contribution is -0.870. The molecule has 0 unspecified atom stereocenters. The number of carbonyl (C=O) groups is 1. The first-order valence-electron chi connectivity index (χ1n) is 6.71. The van der Waals surface area contributed by atoms with Gasteiger partial charge in [-0.1, -0.05) is 12.1 Å². The summed E-state index contributed by atoms with van der Waals surface area (Å²) in [5.41, 5.74) is 3.03. The molecule has 1 aromatic heterocycles. The summed E-state index contributed by atoms with van der Waals surface area (Å²) in [6.45, 7) is 1.38. The van der Waals surface area contributed by atoms with Crippen LogP contribution in [0.25, 0.3) is 12.2 Å². The van der Waals surface area contributed by atoms with Gasteiger partial charge in [0.1, 0.15) is 0 Å². The van der Waals surface area contributed by atoms with Crippen molar-refractivity contribution in [1.82, 2.24) is 0 Å². The molecule has 0 bridgehead atoms. The lowest BCUT2D eigenvalue weighted by Gasteiger charge is -2.11. The molecule has 0 aliphatic carbocycles. The molecular weight excluding hydrogens is 264 g/mol. The van der Waals surface area contributed by atoms with Crippen molar-refractivity contribution in [1.29, 1.82) is 0 Å². The highest BCUT2D eigenvalue weighted by molar-refractivity contribution is 5.68. The SMILES string of the molecule is CC(=O)O[n+]1ccccc1/C=C/c1ccc(N(C)C)cc1. The molecule has 0 radical (unpaired) electrons. The quantitative estimate of drug-likeness (QED) is 0.807.